The minimum Gasteiger partial charge on any atom is -0.507 e. The van der Waals surface area contributed by atoms with Gasteiger partial charge in [-0.3, -0.25) is 9.11 Å². The second-order valence-electron chi connectivity index (χ2n) is 3.74. The van der Waals surface area contributed by atoms with Crippen LogP contribution < -0.4 is 0 Å². The van der Waals surface area contributed by atoms with E-state index in [2.05, 4.69) is 0 Å². The Balaban J connectivity index is 0.00000200. The summed E-state index contributed by atoms with van der Waals surface area (Å²) in [7, 11) is -9.40. The summed E-state index contributed by atoms with van der Waals surface area (Å²) in [6.45, 7) is 0. The van der Waals surface area contributed by atoms with Crippen molar-refractivity contribution >= 4 is 90.1 Å². The predicted molar refractivity (Wildman–Crippen MR) is 76.8 cm³/mol. The molecule has 0 atom stereocenters. The first-order valence-electron chi connectivity index (χ1n) is 4.81. The van der Waals surface area contributed by atoms with E-state index in [0.29, 0.717) is 6.07 Å². The summed E-state index contributed by atoms with van der Waals surface area (Å²) < 4.78 is 62.6. The van der Waals surface area contributed by atoms with Crippen LogP contribution in [-0.2, 0) is 20.2 Å². The molecule has 3 N–H and O–H groups in total. The number of benzene rings is 2. The van der Waals surface area contributed by atoms with Crippen molar-refractivity contribution in [1.82, 2.24) is 0 Å². The summed E-state index contributed by atoms with van der Waals surface area (Å²) in [5.41, 5.74) is 0. The minimum absolute atomic E-state index is 0. The Kier molecular flexibility index (Phi) is 7.37. The molecule has 0 spiro atoms. The van der Waals surface area contributed by atoms with Gasteiger partial charge in [0.1, 0.15) is 10.6 Å². The van der Waals surface area contributed by atoms with Crippen LogP contribution in [0.5, 0.6) is 5.75 Å². The molecule has 0 aliphatic carbocycles. The number of hydrogen-bond donors (Lipinski definition) is 3. The molecule has 2 aromatic carbocycles. The topological polar surface area (TPSA) is 129 Å². The fraction of sp³-hybridized carbons (Fsp3) is 0. The van der Waals surface area contributed by atoms with E-state index in [9.17, 15) is 21.9 Å². The van der Waals surface area contributed by atoms with Crippen LogP contribution in [0, 0.1) is 0 Å². The van der Waals surface area contributed by atoms with Crippen molar-refractivity contribution in [3.05, 3.63) is 30.3 Å². The molecule has 7 nitrogen and oxygen atoms in total. The second-order valence-corrected chi connectivity index (χ2v) is 6.56. The molecule has 0 aromatic heterocycles. The summed E-state index contributed by atoms with van der Waals surface area (Å²) in [5, 5.41) is 9.42. The maximum atomic E-state index is 11.2. The first-order chi connectivity index (χ1) is 8.60. The number of aromatic hydroxyl groups is 1. The van der Waals surface area contributed by atoms with Crippen LogP contribution >= 0.6 is 0 Å². The monoisotopic (exact) mass is 350 g/mol. The zero-order valence-electron chi connectivity index (χ0n) is 11.2. The molecule has 11 heteroatoms. The molecule has 0 aliphatic heterocycles. The molecule has 21 heavy (non-hydrogen) atoms. The van der Waals surface area contributed by atoms with Gasteiger partial charge in [0.15, 0.2) is 0 Å². The molecule has 0 saturated carbocycles. The van der Waals surface area contributed by atoms with Gasteiger partial charge in [-0.05, 0) is 18.2 Å². The Morgan fingerprint density at radius 2 is 1.38 bits per heavy atom. The van der Waals surface area contributed by atoms with Crippen LogP contribution in [0.4, 0.5) is 0 Å². The normalized spacial score (nSPS) is 11.5. The van der Waals surface area contributed by atoms with E-state index in [1.165, 1.54) is 18.2 Å². The summed E-state index contributed by atoms with van der Waals surface area (Å²) in [4.78, 5) is -1.46. The van der Waals surface area contributed by atoms with E-state index in [-0.39, 0.29) is 75.6 Å². The molecular formula is C10H8Na2O7S2. The van der Waals surface area contributed by atoms with Crippen molar-refractivity contribution < 1.29 is 31.0 Å². The average Bonchev–Trinajstić information content (AvgIpc) is 2.25. The zero-order chi connectivity index (χ0) is 14.4. The minimum atomic E-state index is -4.72. The van der Waals surface area contributed by atoms with Gasteiger partial charge in [0.05, 0.1) is 4.90 Å². The number of phenols is 1. The molecule has 0 amide bonds. The first kappa shape index (κ1) is 21.3. The Morgan fingerprint density at radius 3 is 1.86 bits per heavy atom. The number of phenolic OH excluding ortho intramolecular Hbond substituents is 1. The van der Waals surface area contributed by atoms with Crippen molar-refractivity contribution in [2.24, 2.45) is 0 Å². The van der Waals surface area contributed by atoms with E-state index in [0.717, 1.165) is 6.07 Å². The predicted octanol–water partition coefficient (Wildman–Crippen LogP) is 0.277. The third kappa shape index (κ3) is 4.64. The van der Waals surface area contributed by atoms with Gasteiger partial charge in [-0.1, -0.05) is 12.1 Å². The summed E-state index contributed by atoms with van der Waals surface area (Å²) in [6.07, 6.45) is 0. The van der Waals surface area contributed by atoms with Crippen molar-refractivity contribution in [1.29, 1.82) is 0 Å². The molecular weight excluding hydrogens is 342 g/mol. The maximum Gasteiger partial charge on any atom is 0.295 e. The molecule has 2 rings (SSSR count). The zero-order valence-corrected chi connectivity index (χ0v) is 16.8. The van der Waals surface area contributed by atoms with Crippen LogP contribution in [-0.4, -0.2) is 90.2 Å². The van der Waals surface area contributed by atoms with Gasteiger partial charge < -0.3 is 5.11 Å². The van der Waals surface area contributed by atoms with E-state index in [4.69, 9.17) is 9.11 Å². The first-order valence-corrected chi connectivity index (χ1v) is 7.69. The standard InChI is InChI=1S/C10H8O7S2.2Na/c11-9-3-1-2-7-8(9)4-6(18(12,13)14)5-10(7)19(15,16)17;;/h1-5,11H,(H,12,13,14)(H,15,16,17);;. The SMILES string of the molecule is O=S(=O)(O)c1cc(S(=O)(=O)O)c2cccc(O)c2c1.[Na].[Na]. The van der Waals surface area contributed by atoms with Gasteiger partial charge in [-0.15, -0.1) is 0 Å². The van der Waals surface area contributed by atoms with E-state index >= 15 is 0 Å². The summed E-state index contributed by atoms with van der Waals surface area (Å²) in [6, 6.07) is 5.36. The van der Waals surface area contributed by atoms with E-state index in [1.807, 2.05) is 0 Å². The third-order valence-electron chi connectivity index (χ3n) is 2.48. The Morgan fingerprint density at radius 1 is 0.810 bits per heavy atom. The Hall–Kier alpha value is 0.320. The van der Waals surface area contributed by atoms with Gasteiger partial charge >= 0.3 is 0 Å². The van der Waals surface area contributed by atoms with Crippen molar-refractivity contribution in [3.63, 3.8) is 0 Å². The number of hydrogen-bond acceptors (Lipinski definition) is 5. The molecule has 2 radical (unpaired) electrons. The van der Waals surface area contributed by atoms with Crippen molar-refractivity contribution in [2.45, 2.75) is 9.79 Å². The fourth-order valence-corrected chi connectivity index (χ4v) is 3.01. The fourth-order valence-electron chi connectivity index (χ4n) is 1.67. The van der Waals surface area contributed by atoms with Crippen molar-refractivity contribution in [3.8, 4) is 5.75 Å². The Bertz CT molecular complexity index is 876. The molecule has 104 valence electrons. The molecule has 0 bridgehead atoms. The van der Waals surface area contributed by atoms with Gasteiger partial charge in [0.2, 0.25) is 0 Å². The largest absolute Gasteiger partial charge is 0.507 e. The maximum absolute atomic E-state index is 11.2. The smallest absolute Gasteiger partial charge is 0.295 e. The van der Waals surface area contributed by atoms with Crippen LogP contribution in [0.3, 0.4) is 0 Å². The summed E-state index contributed by atoms with van der Waals surface area (Å²) in [5.74, 6) is -0.382. The molecule has 0 saturated heterocycles. The Labute approximate surface area is 165 Å². The number of rotatable bonds is 2. The second kappa shape index (κ2) is 7.26. The van der Waals surface area contributed by atoms with Crippen LogP contribution in [0.1, 0.15) is 0 Å². The molecule has 2 aromatic rings. The molecule has 0 heterocycles. The van der Waals surface area contributed by atoms with Gasteiger partial charge in [-0.25, -0.2) is 0 Å². The molecule has 0 unspecified atom stereocenters. The quantitative estimate of drug-likeness (QED) is 0.524. The van der Waals surface area contributed by atoms with E-state index in [1.54, 1.807) is 0 Å². The average molecular weight is 350 g/mol. The van der Waals surface area contributed by atoms with Crippen LogP contribution in [0.15, 0.2) is 40.1 Å². The van der Waals surface area contributed by atoms with E-state index < -0.39 is 30.0 Å². The summed E-state index contributed by atoms with van der Waals surface area (Å²) >= 11 is 0. The van der Waals surface area contributed by atoms with Gasteiger partial charge in [0, 0.05) is 69.9 Å². The van der Waals surface area contributed by atoms with Crippen LogP contribution in [0.2, 0.25) is 0 Å². The van der Waals surface area contributed by atoms with Gasteiger partial charge in [-0.2, -0.15) is 16.8 Å². The van der Waals surface area contributed by atoms with Crippen LogP contribution in [0.25, 0.3) is 10.8 Å². The van der Waals surface area contributed by atoms with Crippen molar-refractivity contribution in [2.75, 3.05) is 0 Å². The third-order valence-corrected chi connectivity index (χ3v) is 4.21. The van der Waals surface area contributed by atoms with Gasteiger partial charge in [0.25, 0.3) is 20.2 Å². The molecule has 0 fully saturated rings. The molecule has 0 aliphatic rings. The number of fused-ring (bicyclic) bond motifs is 1.